The van der Waals surface area contributed by atoms with Crippen molar-refractivity contribution in [3.8, 4) is 5.75 Å². The summed E-state index contributed by atoms with van der Waals surface area (Å²) in [7, 11) is -2.36. The third-order valence-electron chi connectivity index (χ3n) is 2.55. The van der Waals surface area contributed by atoms with E-state index in [0.29, 0.717) is 15.8 Å². The number of ether oxygens (including phenoxy) is 1. The molecule has 1 N–H and O–H groups in total. The molecule has 0 radical (unpaired) electrons. The third kappa shape index (κ3) is 3.95. The molecule has 0 heterocycles. The monoisotopic (exact) mass is 365 g/mol. The summed E-state index contributed by atoms with van der Waals surface area (Å²) in [5.41, 5.74) is 0.263. The van der Waals surface area contributed by atoms with Gasteiger partial charge >= 0.3 is 0 Å². The molecule has 0 bridgehead atoms. The van der Waals surface area contributed by atoms with Crippen LogP contribution >= 0.6 is 34.8 Å². The molecule has 0 saturated carbocycles. The Balaban J connectivity index is 2.36. The van der Waals surface area contributed by atoms with Gasteiger partial charge in [0.15, 0.2) is 0 Å². The smallest absolute Gasteiger partial charge is 0.261 e. The maximum absolute atomic E-state index is 12.3. The van der Waals surface area contributed by atoms with Gasteiger partial charge in [-0.25, -0.2) is 8.42 Å². The van der Waals surface area contributed by atoms with Gasteiger partial charge in [-0.2, -0.15) is 0 Å². The summed E-state index contributed by atoms with van der Waals surface area (Å²) >= 11 is 17.6. The molecule has 0 aromatic heterocycles. The number of methoxy groups -OCH3 is 1. The zero-order valence-corrected chi connectivity index (χ0v) is 13.8. The first kappa shape index (κ1) is 16.2. The summed E-state index contributed by atoms with van der Waals surface area (Å²) in [6.45, 7) is 0. The van der Waals surface area contributed by atoms with Gasteiger partial charge in [0.2, 0.25) is 0 Å². The molecule has 112 valence electrons. The summed E-state index contributed by atoms with van der Waals surface area (Å²) in [6.07, 6.45) is 0. The highest BCUT2D eigenvalue weighted by molar-refractivity contribution is 7.92. The standard InChI is InChI=1S/C13H10Cl3NO3S/c1-20-13-3-2-11(7-12(13)16)21(18,19)17-10-5-8(14)4-9(15)6-10/h2-7,17H,1H3. The van der Waals surface area contributed by atoms with Gasteiger partial charge in [-0.1, -0.05) is 34.8 Å². The van der Waals surface area contributed by atoms with E-state index in [1.807, 2.05) is 0 Å². The molecule has 0 fully saturated rings. The second-order valence-corrected chi connectivity index (χ2v) is 7.02. The Morgan fingerprint density at radius 3 is 2.14 bits per heavy atom. The van der Waals surface area contributed by atoms with E-state index in [9.17, 15) is 8.42 Å². The number of anilines is 1. The highest BCUT2D eigenvalue weighted by Crippen LogP contribution is 2.29. The molecule has 0 spiro atoms. The maximum atomic E-state index is 12.3. The predicted octanol–water partition coefficient (Wildman–Crippen LogP) is 4.46. The van der Waals surface area contributed by atoms with Crippen molar-refractivity contribution in [3.63, 3.8) is 0 Å². The lowest BCUT2D eigenvalue weighted by Crippen LogP contribution is -2.13. The lowest BCUT2D eigenvalue weighted by atomic mass is 10.3. The van der Waals surface area contributed by atoms with E-state index in [2.05, 4.69) is 4.72 Å². The van der Waals surface area contributed by atoms with E-state index in [0.717, 1.165) is 0 Å². The number of nitrogens with one attached hydrogen (secondary N) is 1. The predicted molar refractivity (Wildman–Crippen MR) is 85.3 cm³/mol. The highest BCUT2D eigenvalue weighted by atomic mass is 35.5. The molecule has 0 atom stereocenters. The van der Waals surface area contributed by atoms with Crippen LogP contribution in [-0.2, 0) is 10.0 Å². The van der Waals surface area contributed by atoms with E-state index in [-0.39, 0.29) is 15.6 Å². The van der Waals surface area contributed by atoms with Crippen molar-refractivity contribution in [2.45, 2.75) is 4.90 Å². The summed E-state index contributed by atoms with van der Waals surface area (Å²) < 4.78 is 31.9. The van der Waals surface area contributed by atoms with E-state index >= 15 is 0 Å². The molecular formula is C13H10Cl3NO3S. The van der Waals surface area contributed by atoms with Crippen LogP contribution in [0.5, 0.6) is 5.75 Å². The molecule has 2 rings (SSSR count). The quantitative estimate of drug-likeness (QED) is 0.869. The summed E-state index contributed by atoms with van der Waals surface area (Å²) in [5.74, 6) is 0.390. The first-order chi connectivity index (χ1) is 9.81. The SMILES string of the molecule is COc1ccc(S(=O)(=O)Nc2cc(Cl)cc(Cl)c2)cc1Cl. The van der Waals surface area contributed by atoms with E-state index in [1.165, 1.54) is 43.5 Å². The first-order valence-corrected chi connectivity index (χ1v) is 8.26. The molecule has 4 nitrogen and oxygen atoms in total. The van der Waals surface area contributed by atoms with Crippen molar-refractivity contribution < 1.29 is 13.2 Å². The fourth-order valence-electron chi connectivity index (χ4n) is 1.64. The molecule has 0 aliphatic heterocycles. The van der Waals surface area contributed by atoms with Gasteiger partial charge in [0.25, 0.3) is 10.0 Å². The van der Waals surface area contributed by atoms with Gasteiger partial charge in [0.1, 0.15) is 5.75 Å². The van der Waals surface area contributed by atoms with Crippen LogP contribution in [0.3, 0.4) is 0 Å². The van der Waals surface area contributed by atoms with Crippen molar-refractivity contribution in [3.05, 3.63) is 51.5 Å². The van der Waals surface area contributed by atoms with Crippen molar-refractivity contribution in [2.24, 2.45) is 0 Å². The van der Waals surface area contributed by atoms with Crippen LogP contribution < -0.4 is 9.46 Å². The average Bonchev–Trinajstić information content (AvgIpc) is 2.36. The Bertz CT molecular complexity index is 758. The van der Waals surface area contributed by atoms with Gasteiger partial charge in [-0.05, 0) is 36.4 Å². The zero-order chi connectivity index (χ0) is 15.6. The van der Waals surface area contributed by atoms with Gasteiger partial charge in [-0.3, -0.25) is 4.72 Å². The number of rotatable bonds is 4. The Labute approximate surface area is 137 Å². The highest BCUT2D eigenvalue weighted by Gasteiger charge is 2.16. The van der Waals surface area contributed by atoms with Gasteiger partial charge in [-0.15, -0.1) is 0 Å². The summed E-state index contributed by atoms with van der Waals surface area (Å²) in [4.78, 5) is 0.00407. The number of sulfonamides is 1. The first-order valence-electron chi connectivity index (χ1n) is 5.64. The molecule has 21 heavy (non-hydrogen) atoms. The van der Waals surface area contributed by atoms with Crippen molar-refractivity contribution >= 4 is 50.5 Å². The Morgan fingerprint density at radius 2 is 1.62 bits per heavy atom. The van der Waals surface area contributed by atoms with Crippen LogP contribution in [-0.4, -0.2) is 15.5 Å². The number of hydrogen-bond donors (Lipinski definition) is 1. The van der Waals surface area contributed by atoms with Crippen molar-refractivity contribution in [1.82, 2.24) is 0 Å². The molecule has 0 saturated heterocycles. The van der Waals surface area contributed by atoms with Gasteiger partial charge < -0.3 is 4.74 Å². The van der Waals surface area contributed by atoms with Crippen molar-refractivity contribution in [2.75, 3.05) is 11.8 Å². The summed E-state index contributed by atoms with van der Waals surface area (Å²) in [5, 5.41) is 0.852. The van der Waals surface area contributed by atoms with E-state index < -0.39 is 10.0 Å². The van der Waals surface area contributed by atoms with Gasteiger partial charge in [0, 0.05) is 10.0 Å². The van der Waals surface area contributed by atoms with Gasteiger partial charge in [0.05, 0.1) is 22.7 Å². The lowest BCUT2D eigenvalue weighted by Gasteiger charge is -2.10. The van der Waals surface area contributed by atoms with Crippen LogP contribution in [0.15, 0.2) is 41.3 Å². The zero-order valence-electron chi connectivity index (χ0n) is 10.7. The minimum atomic E-state index is -3.80. The molecule has 2 aromatic carbocycles. The normalized spacial score (nSPS) is 11.2. The van der Waals surface area contributed by atoms with Crippen LogP contribution in [0.1, 0.15) is 0 Å². The van der Waals surface area contributed by atoms with E-state index in [1.54, 1.807) is 0 Å². The molecule has 0 aliphatic carbocycles. The average molecular weight is 367 g/mol. The molecule has 0 amide bonds. The number of halogens is 3. The minimum absolute atomic E-state index is 0.00407. The summed E-state index contributed by atoms with van der Waals surface area (Å²) in [6, 6.07) is 8.58. The third-order valence-corrected chi connectivity index (χ3v) is 4.66. The van der Waals surface area contributed by atoms with E-state index in [4.69, 9.17) is 39.5 Å². The fraction of sp³-hybridized carbons (Fsp3) is 0.0769. The molecule has 0 aliphatic rings. The minimum Gasteiger partial charge on any atom is -0.495 e. The van der Waals surface area contributed by atoms with Crippen molar-refractivity contribution in [1.29, 1.82) is 0 Å². The topological polar surface area (TPSA) is 55.4 Å². The van der Waals surface area contributed by atoms with Crippen LogP contribution in [0.4, 0.5) is 5.69 Å². The van der Waals surface area contributed by atoms with Crippen LogP contribution in [0.2, 0.25) is 15.1 Å². The largest absolute Gasteiger partial charge is 0.495 e. The Hall–Kier alpha value is -1.14. The molecule has 2 aromatic rings. The molecular weight excluding hydrogens is 357 g/mol. The second kappa shape index (κ2) is 6.32. The maximum Gasteiger partial charge on any atom is 0.261 e. The van der Waals surface area contributed by atoms with Crippen LogP contribution in [0.25, 0.3) is 0 Å². The lowest BCUT2D eigenvalue weighted by molar-refractivity contribution is 0.414. The molecule has 8 heteroatoms. The molecule has 0 unspecified atom stereocenters. The Morgan fingerprint density at radius 1 is 1.00 bits per heavy atom. The number of hydrogen-bond acceptors (Lipinski definition) is 3. The fourth-order valence-corrected chi connectivity index (χ4v) is 3.56. The number of benzene rings is 2. The Kier molecular flexibility index (Phi) is 4.88. The second-order valence-electron chi connectivity index (χ2n) is 4.06. The van der Waals surface area contributed by atoms with Crippen LogP contribution in [0, 0.1) is 0 Å².